The zero-order valence-corrected chi connectivity index (χ0v) is 22.9. The van der Waals surface area contributed by atoms with Crippen LogP contribution in [0, 0.1) is 5.92 Å². The molecule has 218 valence electrons. The first-order valence-electron chi connectivity index (χ1n) is 13.4. The van der Waals surface area contributed by atoms with Crippen LogP contribution < -0.4 is 26.6 Å². The van der Waals surface area contributed by atoms with Gasteiger partial charge in [0.15, 0.2) is 0 Å². The summed E-state index contributed by atoms with van der Waals surface area (Å²) >= 11 is 0. The summed E-state index contributed by atoms with van der Waals surface area (Å²) in [7, 11) is 0. The molecule has 5 atom stereocenters. The molecule has 13 nitrogen and oxygen atoms in total. The summed E-state index contributed by atoms with van der Waals surface area (Å²) in [5, 5.41) is 22.6. The van der Waals surface area contributed by atoms with Gasteiger partial charge in [0, 0.05) is 13.0 Å². The molecule has 2 aliphatic rings. The Morgan fingerprint density at radius 1 is 0.875 bits per heavy atom. The number of nitrogens with zero attached hydrogens (tertiary/aromatic N) is 1. The normalized spacial score (nSPS) is 27.5. The molecular weight excluding hydrogens is 520 g/mol. The standard InChI is InChI=1S/C27H38N6O7/c1-15(2)22-26(39)31-19(14-34)24(37)29-16(3)27(40)33-11-7-10-20(33)25(38)28-13-21(35)30-18(23(36)32-22)12-17-8-5-4-6-9-17/h4-6,8-9,15-16,18-20,22,34H,7,10-14H2,1-3H3,(H,28,38)(H,29,37)(H,30,35)(H,31,39)(H,32,36). The van der Waals surface area contributed by atoms with Crippen LogP contribution in [0.5, 0.6) is 0 Å². The van der Waals surface area contributed by atoms with Gasteiger partial charge in [-0.25, -0.2) is 0 Å². The van der Waals surface area contributed by atoms with Crippen LogP contribution in [0.25, 0.3) is 0 Å². The SMILES string of the molecule is CC1NC(=O)C(CO)NC(=O)C(C(C)C)NC(=O)C(Cc2ccccc2)NC(=O)CNC(=O)C2CCCN2C1=O. The van der Waals surface area contributed by atoms with E-state index in [4.69, 9.17) is 0 Å². The maximum atomic E-state index is 13.4. The Balaban J connectivity index is 1.91. The van der Waals surface area contributed by atoms with Crippen molar-refractivity contribution in [3.05, 3.63) is 35.9 Å². The molecule has 13 heteroatoms. The number of hydrogen-bond acceptors (Lipinski definition) is 7. The maximum absolute atomic E-state index is 13.4. The van der Waals surface area contributed by atoms with Gasteiger partial charge in [-0.3, -0.25) is 28.8 Å². The van der Waals surface area contributed by atoms with Crippen LogP contribution in [-0.4, -0.2) is 95.4 Å². The van der Waals surface area contributed by atoms with Crippen molar-refractivity contribution < 1.29 is 33.9 Å². The fourth-order valence-electron chi connectivity index (χ4n) is 4.76. The van der Waals surface area contributed by atoms with Crippen molar-refractivity contribution in [1.82, 2.24) is 31.5 Å². The lowest BCUT2D eigenvalue weighted by atomic mass is 10.0. The predicted molar refractivity (Wildman–Crippen MR) is 143 cm³/mol. The number of fused-ring (bicyclic) bond motifs is 1. The average molecular weight is 559 g/mol. The second-order valence-electron chi connectivity index (χ2n) is 10.4. The third kappa shape index (κ3) is 7.78. The smallest absolute Gasteiger partial charge is 0.245 e. The Hall–Kier alpha value is -4.00. The summed E-state index contributed by atoms with van der Waals surface area (Å²) in [5.41, 5.74) is 0.755. The molecule has 0 spiro atoms. The highest BCUT2D eigenvalue weighted by Crippen LogP contribution is 2.18. The molecule has 0 bridgehead atoms. The van der Waals surface area contributed by atoms with Crippen LogP contribution in [0.3, 0.4) is 0 Å². The second-order valence-corrected chi connectivity index (χ2v) is 10.4. The molecule has 6 amide bonds. The zero-order valence-electron chi connectivity index (χ0n) is 22.9. The third-order valence-electron chi connectivity index (χ3n) is 6.99. The van der Waals surface area contributed by atoms with E-state index in [0.29, 0.717) is 19.4 Å². The third-order valence-corrected chi connectivity index (χ3v) is 6.99. The number of amides is 6. The highest BCUT2D eigenvalue weighted by molar-refractivity contribution is 5.97. The molecule has 6 N–H and O–H groups in total. The summed E-state index contributed by atoms with van der Waals surface area (Å²) in [6.45, 7) is 3.95. The van der Waals surface area contributed by atoms with E-state index < -0.39 is 84.7 Å². The van der Waals surface area contributed by atoms with E-state index in [1.54, 1.807) is 38.1 Å². The van der Waals surface area contributed by atoms with E-state index in [1.807, 2.05) is 6.07 Å². The Labute approximate surface area is 232 Å². The number of benzene rings is 1. The molecule has 3 rings (SSSR count). The lowest BCUT2D eigenvalue weighted by molar-refractivity contribution is -0.142. The number of aliphatic hydroxyl groups is 1. The number of carbonyl (C=O) groups excluding carboxylic acids is 6. The van der Waals surface area contributed by atoms with E-state index in [1.165, 1.54) is 11.8 Å². The van der Waals surface area contributed by atoms with Gasteiger partial charge in [-0.2, -0.15) is 0 Å². The van der Waals surface area contributed by atoms with Crippen molar-refractivity contribution in [2.45, 2.75) is 70.2 Å². The van der Waals surface area contributed by atoms with Gasteiger partial charge in [0.25, 0.3) is 0 Å². The van der Waals surface area contributed by atoms with E-state index in [-0.39, 0.29) is 6.42 Å². The van der Waals surface area contributed by atoms with Crippen molar-refractivity contribution in [1.29, 1.82) is 0 Å². The first-order chi connectivity index (χ1) is 19.0. The van der Waals surface area contributed by atoms with Gasteiger partial charge in [0.05, 0.1) is 13.2 Å². The number of rotatable bonds is 4. The van der Waals surface area contributed by atoms with Gasteiger partial charge >= 0.3 is 0 Å². The van der Waals surface area contributed by atoms with Crippen molar-refractivity contribution in [2.24, 2.45) is 5.92 Å². The number of hydrogen-bond donors (Lipinski definition) is 6. The summed E-state index contributed by atoms with van der Waals surface area (Å²) in [6, 6.07) is 3.51. The summed E-state index contributed by atoms with van der Waals surface area (Å²) in [4.78, 5) is 79.5. The Morgan fingerprint density at radius 3 is 2.20 bits per heavy atom. The Morgan fingerprint density at radius 2 is 1.55 bits per heavy atom. The first kappa shape index (κ1) is 30.5. The monoisotopic (exact) mass is 558 g/mol. The summed E-state index contributed by atoms with van der Waals surface area (Å²) in [5.74, 6) is -4.20. The molecule has 1 aromatic carbocycles. The molecule has 40 heavy (non-hydrogen) atoms. The lowest BCUT2D eigenvalue weighted by Gasteiger charge is -2.29. The average Bonchev–Trinajstić information content (AvgIpc) is 3.42. The van der Waals surface area contributed by atoms with Gasteiger partial charge in [0.2, 0.25) is 35.4 Å². The number of aliphatic hydroxyl groups excluding tert-OH is 1. The molecule has 0 aromatic heterocycles. The van der Waals surface area contributed by atoms with Crippen molar-refractivity contribution in [3.63, 3.8) is 0 Å². The van der Waals surface area contributed by atoms with E-state index in [0.717, 1.165) is 5.56 Å². The molecule has 2 heterocycles. The molecular formula is C27H38N6O7. The zero-order chi connectivity index (χ0) is 29.4. The highest BCUT2D eigenvalue weighted by Gasteiger charge is 2.38. The van der Waals surface area contributed by atoms with Crippen LogP contribution in [0.15, 0.2) is 30.3 Å². The Bertz CT molecular complexity index is 1110. The minimum absolute atomic E-state index is 0.114. The van der Waals surface area contributed by atoms with Gasteiger partial charge in [-0.05, 0) is 31.2 Å². The molecule has 1 aromatic rings. The minimum atomic E-state index is -1.39. The van der Waals surface area contributed by atoms with Crippen LogP contribution in [-0.2, 0) is 35.2 Å². The highest BCUT2D eigenvalue weighted by atomic mass is 16.3. The first-order valence-corrected chi connectivity index (χ1v) is 13.4. The van der Waals surface area contributed by atoms with Crippen LogP contribution in [0.2, 0.25) is 0 Å². The van der Waals surface area contributed by atoms with Crippen molar-refractivity contribution >= 4 is 35.4 Å². The van der Waals surface area contributed by atoms with Gasteiger partial charge in [-0.15, -0.1) is 0 Å². The molecule has 0 saturated carbocycles. The molecule has 0 aliphatic carbocycles. The predicted octanol–water partition coefficient (Wildman–Crippen LogP) is -2.04. The quantitative estimate of drug-likeness (QED) is 0.246. The minimum Gasteiger partial charge on any atom is -0.394 e. The largest absolute Gasteiger partial charge is 0.394 e. The van der Waals surface area contributed by atoms with Crippen LogP contribution in [0.4, 0.5) is 0 Å². The molecule has 0 radical (unpaired) electrons. The van der Waals surface area contributed by atoms with Gasteiger partial charge in [0.1, 0.15) is 30.2 Å². The lowest BCUT2D eigenvalue weighted by Crippen LogP contribution is -2.61. The van der Waals surface area contributed by atoms with E-state index in [9.17, 15) is 33.9 Å². The molecule has 2 saturated heterocycles. The Kier molecular flexibility index (Phi) is 10.6. The summed E-state index contributed by atoms with van der Waals surface area (Å²) < 4.78 is 0. The maximum Gasteiger partial charge on any atom is 0.245 e. The van der Waals surface area contributed by atoms with Crippen LogP contribution >= 0.6 is 0 Å². The molecule has 2 fully saturated rings. The molecule has 2 aliphatic heterocycles. The molecule has 5 unspecified atom stereocenters. The fourth-order valence-corrected chi connectivity index (χ4v) is 4.76. The number of carbonyl (C=O) groups is 6. The van der Waals surface area contributed by atoms with Crippen molar-refractivity contribution in [3.8, 4) is 0 Å². The van der Waals surface area contributed by atoms with E-state index >= 15 is 0 Å². The summed E-state index contributed by atoms with van der Waals surface area (Å²) in [6.07, 6.45) is 1.05. The topological polar surface area (TPSA) is 186 Å². The van der Waals surface area contributed by atoms with Crippen LogP contribution in [0.1, 0.15) is 39.2 Å². The fraction of sp³-hybridized carbons (Fsp3) is 0.556. The second kappa shape index (κ2) is 13.9. The van der Waals surface area contributed by atoms with Gasteiger partial charge < -0.3 is 36.6 Å². The number of nitrogens with one attached hydrogen (secondary N) is 5. The van der Waals surface area contributed by atoms with Crippen molar-refractivity contribution in [2.75, 3.05) is 19.7 Å². The van der Waals surface area contributed by atoms with E-state index in [2.05, 4.69) is 26.6 Å². The van der Waals surface area contributed by atoms with Gasteiger partial charge in [-0.1, -0.05) is 44.2 Å².